The summed E-state index contributed by atoms with van der Waals surface area (Å²) in [5, 5.41) is 0. The van der Waals surface area contributed by atoms with Crippen LogP contribution in [0.15, 0.2) is 69.6 Å². The Balaban J connectivity index is 1.80. The first-order valence-electron chi connectivity index (χ1n) is 9.79. The summed E-state index contributed by atoms with van der Waals surface area (Å²) in [5.41, 5.74) is 0.825. The van der Waals surface area contributed by atoms with Gasteiger partial charge in [0.05, 0.1) is 5.69 Å². The number of amides is 2. The smallest absolute Gasteiger partial charge is 0.277 e. The van der Waals surface area contributed by atoms with Gasteiger partial charge in [-0.3, -0.25) is 9.59 Å². The molecule has 2 amide bonds. The van der Waals surface area contributed by atoms with Gasteiger partial charge in [0.15, 0.2) is 5.41 Å². The molecule has 6 rings (SSSR count). The average Bonchev–Trinajstić information content (AvgIpc) is 3.27. The second kappa shape index (κ2) is 5.99. The Morgan fingerprint density at radius 3 is 2.03 bits per heavy atom. The Morgan fingerprint density at radius 1 is 0.742 bits per heavy atom. The van der Waals surface area contributed by atoms with E-state index in [4.69, 9.17) is 4.74 Å². The largest absolute Gasteiger partial charge is 0.470 e. The lowest BCUT2D eigenvalue weighted by Crippen LogP contribution is -2.59. The zero-order valence-corrected chi connectivity index (χ0v) is 19.8. The van der Waals surface area contributed by atoms with Crippen molar-refractivity contribution in [2.24, 2.45) is 0 Å². The SMILES string of the molecule is CN1C(=O)C2(Oc3ccccc3C23C(=O)N(C)c2cc(Br)ccc23)c2ccc(Br)cc21. The maximum Gasteiger partial charge on any atom is 0.277 e. The van der Waals surface area contributed by atoms with E-state index in [9.17, 15) is 9.59 Å². The van der Waals surface area contributed by atoms with Crippen LogP contribution in [0.5, 0.6) is 5.75 Å². The van der Waals surface area contributed by atoms with Crippen molar-refractivity contribution in [1.82, 2.24) is 0 Å². The Bertz CT molecular complexity index is 1340. The zero-order valence-electron chi connectivity index (χ0n) is 16.6. The number of fused-ring (bicyclic) bond motifs is 7. The van der Waals surface area contributed by atoms with Crippen molar-refractivity contribution in [3.8, 4) is 5.75 Å². The van der Waals surface area contributed by atoms with Crippen LogP contribution < -0.4 is 14.5 Å². The Kier molecular flexibility index (Phi) is 3.68. The third kappa shape index (κ3) is 1.98. The van der Waals surface area contributed by atoms with Gasteiger partial charge in [-0.1, -0.05) is 62.2 Å². The fraction of sp³-hybridized carbons (Fsp3) is 0.167. The summed E-state index contributed by atoms with van der Waals surface area (Å²) in [6, 6.07) is 18.9. The van der Waals surface area contributed by atoms with Gasteiger partial charge >= 0.3 is 0 Å². The van der Waals surface area contributed by atoms with E-state index in [1.54, 1.807) is 23.9 Å². The summed E-state index contributed by atoms with van der Waals surface area (Å²) in [6.07, 6.45) is 0. The normalized spacial score (nSPS) is 25.3. The number of anilines is 2. The minimum Gasteiger partial charge on any atom is -0.470 e. The molecule has 0 N–H and O–H groups in total. The number of rotatable bonds is 0. The summed E-state index contributed by atoms with van der Waals surface area (Å²) >= 11 is 7.03. The summed E-state index contributed by atoms with van der Waals surface area (Å²) in [5.74, 6) is 0.120. The molecule has 2 unspecified atom stereocenters. The van der Waals surface area contributed by atoms with Crippen LogP contribution in [0.2, 0.25) is 0 Å². The molecule has 3 aromatic carbocycles. The summed E-state index contributed by atoms with van der Waals surface area (Å²) in [7, 11) is 3.48. The van der Waals surface area contributed by atoms with Gasteiger partial charge < -0.3 is 14.5 Å². The standard InChI is InChI=1S/C24H16Br2N2O3/c1-27-18-11-13(25)7-9-15(18)23(21(27)29)17-5-3-4-6-20(17)31-24(23)16-10-8-14(26)12-19(16)28(2)22(24)30/h3-12H,1-2H3. The molecule has 2 spiro atoms. The van der Waals surface area contributed by atoms with Gasteiger partial charge in [-0.05, 0) is 30.3 Å². The van der Waals surface area contributed by atoms with Crippen molar-refractivity contribution < 1.29 is 14.3 Å². The first kappa shape index (κ1) is 19.1. The van der Waals surface area contributed by atoms with Gasteiger partial charge in [-0.15, -0.1) is 0 Å². The number of carbonyl (C=O) groups is 2. The highest BCUT2D eigenvalue weighted by Gasteiger charge is 2.76. The number of likely N-dealkylation sites (N-methyl/N-ethyl adjacent to an activating group) is 2. The molecule has 2 atom stereocenters. The molecule has 31 heavy (non-hydrogen) atoms. The van der Waals surface area contributed by atoms with Gasteiger partial charge in [0, 0.05) is 45.4 Å². The molecule has 0 aliphatic carbocycles. The van der Waals surface area contributed by atoms with E-state index >= 15 is 0 Å². The van der Waals surface area contributed by atoms with Crippen LogP contribution >= 0.6 is 31.9 Å². The van der Waals surface area contributed by atoms with Crippen molar-refractivity contribution in [1.29, 1.82) is 0 Å². The monoisotopic (exact) mass is 538 g/mol. The number of benzene rings is 3. The average molecular weight is 540 g/mol. The number of para-hydroxylation sites is 1. The third-order valence-electron chi connectivity index (χ3n) is 6.74. The summed E-state index contributed by atoms with van der Waals surface area (Å²) < 4.78 is 8.30. The fourth-order valence-electron chi connectivity index (χ4n) is 5.47. The van der Waals surface area contributed by atoms with Crippen molar-refractivity contribution >= 4 is 55.0 Å². The molecular weight excluding hydrogens is 524 g/mol. The minimum atomic E-state index is -1.52. The van der Waals surface area contributed by atoms with E-state index in [-0.39, 0.29) is 11.8 Å². The van der Waals surface area contributed by atoms with Crippen molar-refractivity contribution in [3.05, 3.63) is 86.3 Å². The van der Waals surface area contributed by atoms with E-state index in [0.29, 0.717) is 16.9 Å². The number of hydrogen-bond donors (Lipinski definition) is 0. The third-order valence-corrected chi connectivity index (χ3v) is 7.73. The predicted octanol–water partition coefficient (Wildman–Crippen LogP) is 4.74. The molecule has 3 aliphatic heterocycles. The lowest BCUT2D eigenvalue weighted by atomic mass is 9.63. The highest BCUT2D eigenvalue weighted by atomic mass is 79.9. The molecule has 0 radical (unpaired) electrons. The quantitative estimate of drug-likeness (QED) is 0.414. The first-order valence-corrected chi connectivity index (χ1v) is 11.4. The topological polar surface area (TPSA) is 49.9 Å². The molecule has 0 bridgehead atoms. The maximum absolute atomic E-state index is 14.2. The number of carbonyl (C=O) groups excluding carboxylic acids is 2. The Labute approximate surface area is 195 Å². The van der Waals surface area contributed by atoms with Crippen LogP contribution in [-0.4, -0.2) is 25.9 Å². The van der Waals surface area contributed by atoms with Crippen LogP contribution in [0, 0.1) is 0 Å². The molecule has 7 heteroatoms. The molecule has 5 nitrogen and oxygen atoms in total. The zero-order chi connectivity index (χ0) is 21.7. The van der Waals surface area contributed by atoms with E-state index in [0.717, 1.165) is 25.9 Å². The van der Waals surface area contributed by atoms with Crippen LogP contribution in [0.25, 0.3) is 0 Å². The summed E-state index contributed by atoms with van der Waals surface area (Å²) in [4.78, 5) is 31.5. The Morgan fingerprint density at radius 2 is 1.32 bits per heavy atom. The lowest BCUT2D eigenvalue weighted by Gasteiger charge is -2.37. The maximum atomic E-state index is 14.2. The van der Waals surface area contributed by atoms with Gasteiger partial charge in [0.1, 0.15) is 5.75 Å². The Hall–Kier alpha value is -2.64. The minimum absolute atomic E-state index is 0.178. The van der Waals surface area contributed by atoms with Gasteiger partial charge in [-0.2, -0.15) is 0 Å². The molecule has 0 saturated carbocycles. The molecule has 0 fully saturated rings. The molecule has 0 saturated heterocycles. The fourth-order valence-corrected chi connectivity index (χ4v) is 6.17. The van der Waals surface area contributed by atoms with Crippen LogP contribution in [0.4, 0.5) is 11.4 Å². The lowest BCUT2D eigenvalue weighted by molar-refractivity contribution is -0.142. The van der Waals surface area contributed by atoms with E-state index in [1.165, 1.54) is 0 Å². The van der Waals surface area contributed by atoms with E-state index < -0.39 is 11.0 Å². The molecular formula is C24H16Br2N2O3. The second-order valence-corrected chi connectivity index (χ2v) is 9.91. The van der Waals surface area contributed by atoms with Crippen molar-refractivity contribution in [3.63, 3.8) is 0 Å². The summed E-state index contributed by atoms with van der Waals surface area (Å²) in [6.45, 7) is 0. The van der Waals surface area contributed by atoms with Crippen molar-refractivity contribution in [2.75, 3.05) is 23.9 Å². The number of hydrogen-bond acceptors (Lipinski definition) is 3. The van der Waals surface area contributed by atoms with E-state index in [2.05, 4.69) is 31.9 Å². The van der Waals surface area contributed by atoms with Gasteiger partial charge in [-0.25, -0.2) is 0 Å². The number of halogens is 2. The second-order valence-electron chi connectivity index (χ2n) is 8.08. The molecule has 3 aliphatic rings. The van der Waals surface area contributed by atoms with Gasteiger partial charge in [0.2, 0.25) is 11.5 Å². The molecule has 154 valence electrons. The molecule has 3 aromatic rings. The first-order chi connectivity index (χ1) is 14.8. The van der Waals surface area contributed by atoms with Crippen LogP contribution in [0.3, 0.4) is 0 Å². The number of nitrogens with zero attached hydrogens (tertiary/aromatic N) is 2. The van der Waals surface area contributed by atoms with Gasteiger partial charge in [0.25, 0.3) is 5.91 Å². The van der Waals surface area contributed by atoms with Crippen LogP contribution in [-0.2, 0) is 20.6 Å². The van der Waals surface area contributed by atoms with E-state index in [1.807, 2.05) is 60.7 Å². The van der Waals surface area contributed by atoms with Crippen LogP contribution in [0.1, 0.15) is 16.7 Å². The molecule has 3 heterocycles. The highest BCUT2D eigenvalue weighted by molar-refractivity contribution is 9.10. The highest BCUT2D eigenvalue weighted by Crippen LogP contribution is 2.66. The predicted molar refractivity (Wildman–Crippen MR) is 125 cm³/mol. The van der Waals surface area contributed by atoms with Crippen molar-refractivity contribution in [2.45, 2.75) is 11.0 Å². The molecule has 0 aromatic heterocycles. The number of ether oxygens (including phenoxy) is 1.